The van der Waals surface area contributed by atoms with E-state index in [-0.39, 0.29) is 17.9 Å². The maximum Gasteiger partial charge on any atom is 0.262 e. The van der Waals surface area contributed by atoms with E-state index in [1.54, 1.807) is 15.9 Å². The summed E-state index contributed by atoms with van der Waals surface area (Å²) in [5, 5.41) is 1.45. The summed E-state index contributed by atoms with van der Waals surface area (Å²) in [6.07, 6.45) is 5.60. The van der Waals surface area contributed by atoms with Gasteiger partial charge in [0.25, 0.3) is 5.56 Å². The first-order valence-electron chi connectivity index (χ1n) is 9.59. The molecular formula is C21H22ClN3O2S. The summed E-state index contributed by atoms with van der Waals surface area (Å²) in [5.74, 6) is 0.372. The Morgan fingerprint density at radius 1 is 1.21 bits per heavy atom. The molecular weight excluding hydrogens is 394 g/mol. The fraction of sp³-hybridized carbons (Fsp3) is 0.381. The molecule has 146 valence electrons. The fourth-order valence-electron chi connectivity index (χ4n) is 3.84. The lowest BCUT2D eigenvalue weighted by Crippen LogP contribution is -2.26. The van der Waals surface area contributed by atoms with Crippen molar-refractivity contribution in [1.82, 2.24) is 9.55 Å². The van der Waals surface area contributed by atoms with E-state index >= 15 is 0 Å². The van der Waals surface area contributed by atoms with E-state index in [1.807, 2.05) is 24.3 Å². The van der Waals surface area contributed by atoms with Crippen molar-refractivity contribution in [1.29, 1.82) is 0 Å². The van der Waals surface area contributed by atoms with E-state index in [9.17, 15) is 9.59 Å². The molecule has 0 fully saturated rings. The summed E-state index contributed by atoms with van der Waals surface area (Å²) < 4.78 is 1.74. The van der Waals surface area contributed by atoms with Crippen molar-refractivity contribution in [3.63, 3.8) is 0 Å². The number of thiophene rings is 1. The van der Waals surface area contributed by atoms with Crippen LogP contribution in [-0.2, 0) is 30.6 Å². The third-order valence-electron chi connectivity index (χ3n) is 5.23. The number of carbonyl (C=O) groups excluding carboxylic acids is 1. The summed E-state index contributed by atoms with van der Waals surface area (Å²) in [6.45, 7) is 0.443. The molecule has 0 spiro atoms. The molecule has 0 aliphatic heterocycles. The van der Waals surface area contributed by atoms with Crippen molar-refractivity contribution in [3.05, 3.63) is 61.5 Å². The molecule has 0 unspecified atom stereocenters. The van der Waals surface area contributed by atoms with Crippen LogP contribution in [0.2, 0.25) is 5.02 Å². The number of carbonyl (C=O) groups is 1. The Labute approximate surface area is 172 Å². The number of hydrogen-bond acceptors (Lipinski definition) is 4. The smallest absolute Gasteiger partial charge is 0.262 e. The maximum atomic E-state index is 13.4. The lowest BCUT2D eigenvalue weighted by Gasteiger charge is -2.14. The molecule has 0 atom stereocenters. The van der Waals surface area contributed by atoms with E-state index < -0.39 is 0 Å². The van der Waals surface area contributed by atoms with Gasteiger partial charge in [-0.1, -0.05) is 23.7 Å². The van der Waals surface area contributed by atoms with Gasteiger partial charge in [-0.25, -0.2) is 4.98 Å². The van der Waals surface area contributed by atoms with Gasteiger partial charge in [0.05, 0.1) is 5.39 Å². The van der Waals surface area contributed by atoms with Gasteiger partial charge < -0.3 is 5.73 Å². The van der Waals surface area contributed by atoms with Crippen LogP contribution in [0.1, 0.15) is 47.5 Å². The normalized spacial score (nSPS) is 13.6. The molecule has 0 radical (unpaired) electrons. The monoisotopic (exact) mass is 415 g/mol. The molecule has 0 saturated heterocycles. The predicted octanol–water partition coefficient (Wildman–Crippen LogP) is 3.85. The Balaban J connectivity index is 1.79. The Hall–Kier alpha value is -2.18. The van der Waals surface area contributed by atoms with Gasteiger partial charge in [-0.05, 0) is 55.4 Å². The molecule has 5 nitrogen and oxygen atoms in total. The van der Waals surface area contributed by atoms with E-state index in [0.717, 1.165) is 40.9 Å². The number of nitrogens with two attached hydrogens (primary N) is 1. The van der Waals surface area contributed by atoms with Gasteiger partial charge >= 0.3 is 0 Å². The number of hydrogen-bond donors (Lipinski definition) is 1. The molecule has 1 aromatic carbocycles. The van der Waals surface area contributed by atoms with Gasteiger partial charge in [-0.3, -0.25) is 14.2 Å². The quantitative estimate of drug-likeness (QED) is 0.664. The largest absolute Gasteiger partial charge is 0.370 e. The van der Waals surface area contributed by atoms with Crippen LogP contribution in [-0.4, -0.2) is 15.5 Å². The number of halogens is 1. The van der Waals surface area contributed by atoms with Gasteiger partial charge in [0, 0.05) is 29.3 Å². The van der Waals surface area contributed by atoms with E-state index in [1.165, 1.54) is 16.9 Å². The molecule has 7 heteroatoms. The van der Waals surface area contributed by atoms with Crippen LogP contribution in [0.3, 0.4) is 0 Å². The Morgan fingerprint density at radius 2 is 1.96 bits per heavy atom. The lowest BCUT2D eigenvalue weighted by atomic mass is 9.97. The Kier molecular flexibility index (Phi) is 5.51. The first-order valence-corrected chi connectivity index (χ1v) is 10.8. The third kappa shape index (κ3) is 3.84. The zero-order valence-electron chi connectivity index (χ0n) is 15.5. The zero-order chi connectivity index (χ0) is 19.7. The van der Waals surface area contributed by atoms with Crippen molar-refractivity contribution in [2.24, 2.45) is 5.73 Å². The average molecular weight is 416 g/mol. The van der Waals surface area contributed by atoms with Crippen LogP contribution in [0.25, 0.3) is 10.2 Å². The Morgan fingerprint density at radius 3 is 2.71 bits per heavy atom. The Bertz CT molecular complexity index is 1090. The number of nitrogens with zero attached hydrogens (tertiary/aromatic N) is 2. The van der Waals surface area contributed by atoms with Gasteiger partial charge in [-0.15, -0.1) is 11.3 Å². The van der Waals surface area contributed by atoms with E-state index in [0.29, 0.717) is 24.4 Å². The van der Waals surface area contributed by atoms with E-state index in [2.05, 4.69) is 0 Å². The molecule has 2 heterocycles. The highest BCUT2D eigenvalue weighted by atomic mass is 35.5. The minimum atomic E-state index is -0.353. The van der Waals surface area contributed by atoms with Crippen LogP contribution < -0.4 is 11.3 Å². The van der Waals surface area contributed by atoms with Crippen LogP contribution in [0.4, 0.5) is 0 Å². The first kappa shape index (κ1) is 19.2. The number of aromatic nitrogens is 2. The number of benzene rings is 1. The van der Waals surface area contributed by atoms with Crippen molar-refractivity contribution in [2.75, 3.05) is 0 Å². The molecule has 28 heavy (non-hydrogen) atoms. The van der Waals surface area contributed by atoms with Crippen LogP contribution in [0, 0.1) is 0 Å². The number of amides is 1. The summed E-state index contributed by atoms with van der Waals surface area (Å²) in [4.78, 5) is 31.6. The van der Waals surface area contributed by atoms with Crippen LogP contribution in [0.5, 0.6) is 0 Å². The van der Waals surface area contributed by atoms with Gasteiger partial charge in [0.1, 0.15) is 10.7 Å². The summed E-state index contributed by atoms with van der Waals surface area (Å²) >= 11 is 7.65. The second-order valence-electron chi connectivity index (χ2n) is 7.25. The average Bonchev–Trinajstić information content (AvgIpc) is 3.04. The number of rotatable bonds is 6. The molecule has 1 aliphatic carbocycles. The third-order valence-corrected chi connectivity index (χ3v) is 6.67. The van der Waals surface area contributed by atoms with Gasteiger partial charge in [-0.2, -0.15) is 0 Å². The van der Waals surface area contributed by atoms with Crippen LogP contribution in [0.15, 0.2) is 29.1 Å². The molecule has 1 amide bonds. The highest BCUT2D eigenvalue weighted by molar-refractivity contribution is 7.18. The van der Waals surface area contributed by atoms with Crippen molar-refractivity contribution in [2.45, 2.75) is 51.5 Å². The highest BCUT2D eigenvalue weighted by Gasteiger charge is 2.22. The lowest BCUT2D eigenvalue weighted by molar-refractivity contribution is -0.118. The minimum Gasteiger partial charge on any atom is -0.370 e. The SMILES string of the molecule is NC(=O)CCCn1c(Cc2ccc(Cl)cc2)nc2sc3c(c2c1=O)CCCC3. The predicted molar refractivity (Wildman–Crippen MR) is 113 cm³/mol. The number of fused-ring (bicyclic) bond motifs is 3. The van der Waals surface area contributed by atoms with Gasteiger partial charge in [0.2, 0.25) is 5.91 Å². The molecule has 0 bridgehead atoms. The highest BCUT2D eigenvalue weighted by Crippen LogP contribution is 2.34. The zero-order valence-corrected chi connectivity index (χ0v) is 17.1. The fourth-order valence-corrected chi connectivity index (χ4v) is 5.24. The second kappa shape index (κ2) is 8.05. The first-order chi connectivity index (χ1) is 13.5. The van der Waals surface area contributed by atoms with E-state index in [4.69, 9.17) is 22.3 Å². The maximum absolute atomic E-state index is 13.4. The molecule has 0 saturated carbocycles. The molecule has 1 aliphatic rings. The number of aryl methyl sites for hydroxylation is 2. The minimum absolute atomic E-state index is 0.0119. The molecule has 3 aromatic rings. The number of primary amides is 1. The van der Waals surface area contributed by atoms with Crippen molar-refractivity contribution in [3.8, 4) is 0 Å². The summed E-state index contributed by atoms with van der Waals surface area (Å²) in [5.41, 5.74) is 7.52. The van der Waals surface area contributed by atoms with Crippen molar-refractivity contribution >= 4 is 39.1 Å². The molecule has 4 rings (SSSR count). The molecule has 2 N–H and O–H groups in total. The standard InChI is InChI=1S/C21H22ClN3O2S/c22-14-9-7-13(8-10-14)12-18-24-20-19(15-4-1-2-5-16(15)28-20)21(27)25(18)11-3-6-17(23)26/h7-10H,1-6,11-12H2,(H2,23,26). The topological polar surface area (TPSA) is 78.0 Å². The summed E-state index contributed by atoms with van der Waals surface area (Å²) in [7, 11) is 0. The van der Waals surface area contributed by atoms with Crippen molar-refractivity contribution < 1.29 is 4.79 Å². The molecule has 2 aromatic heterocycles. The van der Waals surface area contributed by atoms with Crippen LogP contribution >= 0.6 is 22.9 Å². The summed E-state index contributed by atoms with van der Waals surface area (Å²) in [6, 6.07) is 7.58. The van der Waals surface area contributed by atoms with Gasteiger partial charge in [0.15, 0.2) is 0 Å². The second-order valence-corrected chi connectivity index (χ2v) is 8.77.